The van der Waals surface area contributed by atoms with Crippen LogP contribution >= 0.6 is 15.9 Å². The van der Waals surface area contributed by atoms with E-state index in [1.165, 1.54) is 0 Å². The van der Waals surface area contributed by atoms with E-state index in [2.05, 4.69) is 26.0 Å². The molecule has 4 rings (SSSR count). The Morgan fingerprint density at radius 3 is 2.83 bits per heavy atom. The number of piperidine rings is 1. The van der Waals surface area contributed by atoms with Crippen molar-refractivity contribution < 1.29 is 4.79 Å². The first kappa shape index (κ1) is 15.4. The Kier molecular flexibility index (Phi) is 4.10. The van der Waals surface area contributed by atoms with Gasteiger partial charge in [-0.2, -0.15) is 5.10 Å². The summed E-state index contributed by atoms with van der Waals surface area (Å²) in [6.07, 6.45) is 9.42. The van der Waals surface area contributed by atoms with Gasteiger partial charge in [-0.15, -0.1) is 0 Å². The lowest BCUT2D eigenvalue weighted by Gasteiger charge is -2.31. The number of hydrogen-bond acceptors (Lipinski definition) is 3. The highest BCUT2D eigenvalue weighted by molar-refractivity contribution is 9.10. The van der Waals surface area contributed by atoms with Crippen molar-refractivity contribution in [1.82, 2.24) is 24.1 Å². The third kappa shape index (κ3) is 2.96. The van der Waals surface area contributed by atoms with Gasteiger partial charge in [-0.25, -0.2) is 4.98 Å². The highest BCUT2D eigenvalue weighted by Gasteiger charge is 2.26. The molecule has 0 aromatic carbocycles. The fourth-order valence-electron chi connectivity index (χ4n) is 3.26. The van der Waals surface area contributed by atoms with Crippen LogP contribution in [0.2, 0.25) is 0 Å². The summed E-state index contributed by atoms with van der Waals surface area (Å²) in [5.41, 5.74) is 0.944. The van der Waals surface area contributed by atoms with Crippen LogP contribution in [0.3, 0.4) is 0 Å². The zero-order valence-corrected chi connectivity index (χ0v) is 14.8. The van der Waals surface area contributed by atoms with Gasteiger partial charge >= 0.3 is 0 Å². The SMILES string of the molecule is O=C(c1ncc2ccccn12)N1CCC(Cn2cc(Br)cn2)CC1. The highest BCUT2D eigenvalue weighted by Crippen LogP contribution is 2.21. The van der Waals surface area contributed by atoms with Gasteiger partial charge in [-0.1, -0.05) is 6.07 Å². The highest BCUT2D eigenvalue weighted by atomic mass is 79.9. The Morgan fingerprint density at radius 2 is 2.08 bits per heavy atom. The summed E-state index contributed by atoms with van der Waals surface area (Å²) < 4.78 is 4.82. The van der Waals surface area contributed by atoms with E-state index in [0.29, 0.717) is 11.7 Å². The van der Waals surface area contributed by atoms with Crippen LogP contribution in [0.15, 0.2) is 47.5 Å². The van der Waals surface area contributed by atoms with Crippen molar-refractivity contribution in [3.05, 3.63) is 53.3 Å². The quantitative estimate of drug-likeness (QED) is 0.694. The lowest BCUT2D eigenvalue weighted by molar-refractivity contribution is 0.0668. The number of carbonyl (C=O) groups excluding carboxylic acids is 1. The molecule has 124 valence electrons. The van der Waals surface area contributed by atoms with Crippen LogP contribution in [0.5, 0.6) is 0 Å². The van der Waals surface area contributed by atoms with Crippen LogP contribution in [0.1, 0.15) is 23.5 Å². The van der Waals surface area contributed by atoms with Crippen molar-refractivity contribution in [3.8, 4) is 0 Å². The van der Waals surface area contributed by atoms with Gasteiger partial charge in [0, 0.05) is 32.0 Å². The van der Waals surface area contributed by atoms with Gasteiger partial charge in [-0.3, -0.25) is 13.9 Å². The van der Waals surface area contributed by atoms with Crippen molar-refractivity contribution in [2.75, 3.05) is 13.1 Å². The number of likely N-dealkylation sites (tertiary alicyclic amines) is 1. The maximum atomic E-state index is 12.8. The lowest BCUT2D eigenvalue weighted by Crippen LogP contribution is -2.40. The smallest absolute Gasteiger partial charge is 0.290 e. The van der Waals surface area contributed by atoms with Crippen LogP contribution in [0.4, 0.5) is 0 Å². The van der Waals surface area contributed by atoms with E-state index in [1.54, 1.807) is 6.20 Å². The zero-order valence-electron chi connectivity index (χ0n) is 13.2. The predicted octanol–water partition coefficient (Wildman–Crippen LogP) is 2.85. The van der Waals surface area contributed by atoms with Gasteiger partial charge < -0.3 is 4.90 Å². The number of rotatable bonds is 3. The first-order valence-electron chi connectivity index (χ1n) is 8.10. The van der Waals surface area contributed by atoms with Gasteiger partial charge in [0.1, 0.15) is 0 Å². The summed E-state index contributed by atoms with van der Waals surface area (Å²) in [5, 5.41) is 4.31. The van der Waals surface area contributed by atoms with Crippen LogP contribution in [-0.2, 0) is 6.54 Å². The molecule has 1 fully saturated rings. The number of hydrogen-bond donors (Lipinski definition) is 0. The van der Waals surface area contributed by atoms with Crippen LogP contribution in [-0.4, -0.2) is 43.1 Å². The Balaban J connectivity index is 1.41. The number of nitrogens with zero attached hydrogens (tertiary/aromatic N) is 5. The van der Waals surface area contributed by atoms with E-state index in [-0.39, 0.29) is 5.91 Å². The summed E-state index contributed by atoms with van der Waals surface area (Å²) in [6.45, 7) is 2.45. The zero-order chi connectivity index (χ0) is 16.5. The first-order valence-corrected chi connectivity index (χ1v) is 8.89. The number of pyridine rings is 1. The Morgan fingerprint density at radius 1 is 1.25 bits per heavy atom. The molecule has 0 unspecified atom stereocenters. The van der Waals surface area contributed by atoms with E-state index in [1.807, 2.05) is 50.8 Å². The molecule has 1 aliphatic rings. The molecule has 24 heavy (non-hydrogen) atoms. The number of halogens is 1. The van der Waals surface area contributed by atoms with Crippen LogP contribution in [0, 0.1) is 5.92 Å². The van der Waals surface area contributed by atoms with Crippen molar-refractivity contribution in [1.29, 1.82) is 0 Å². The third-order valence-corrected chi connectivity index (χ3v) is 4.99. The molecule has 0 bridgehead atoms. The number of fused-ring (bicyclic) bond motifs is 1. The molecule has 0 radical (unpaired) electrons. The number of carbonyl (C=O) groups is 1. The Labute approximate surface area is 148 Å². The molecule has 1 aliphatic heterocycles. The van der Waals surface area contributed by atoms with Gasteiger partial charge in [-0.05, 0) is 46.8 Å². The van der Waals surface area contributed by atoms with E-state index in [4.69, 9.17) is 0 Å². The molecule has 4 heterocycles. The van der Waals surface area contributed by atoms with Crippen LogP contribution in [0.25, 0.3) is 5.52 Å². The van der Waals surface area contributed by atoms with Gasteiger partial charge in [0.25, 0.3) is 5.91 Å². The van der Waals surface area contributed by atoms with Gasteiger partial charge in [0.15, 0.2) is 0 Å². The minimum absolute atomic E-state index is 0.0153. The molecule has 7 heteroatoms. The molecule has 1 amide bonds. The molecule has 0 saturated carbocycles. The third-order valence-electron chi connectivity index (χ3n) is 4.58. The molecule has 0 atom stereocenters. The summed E-state index contributed by atoms with van der Waals surface area (Å²) in [7, 11) is 0. The van der Waals surface area contributed by atoms with Crippen molar-refractivity contribution >= 4 is 27.4 Å². The number of aromatic nitrogens is 4. The molecule has 0 N–H and O–H groups in total. The van der Waals surface area contributed by atoms with E-state index < -0.39 is 0 Å². The summed E-state index contributed by atoms with van der Waals surface area (Å²) in [5.74, 6) is 1.07. The molecular weight excluding hydrogens is 370 g/mol. The van der Waals surface area contributed by atoms with Gasteiger partial charge in [0.2, 0.25) is 5.82 Å². The predicted molar refractivity (Wildman–Crippen MR) is 93.7 cm³/mol. The summed E-state index contributed by atoms with van der Waals surface area (Å²) in [4.78, 5) is 19.0. The fourth-order valence-corrected chi connectivity index (χ4v) is 3.59. The molecular formula is C17H18BrN5O. The second-order valence-corrected chi connectivity index (χ2v) is 7.11. The molecule has 3 aromatic rings. The van der Waals surface area contributed by atoms with Crippen molar-refractivity contribution in [3.63, 3.8) is 0 Å². The topological polar surface area (TPSA) is 55.4 Å². The van der Waals surface area contributed by atoms with Gasteiger partial charge in [0.05, 0.1) is 22.4 Å². The number of imidazole rings is 1. The molecule has 1 saturated heterocycles. The standard InChI is InChI=1S/C17H18BrN5O/c18-14-9-20-22(12-14)11-13-4-7-21(8-5-13)17(24)16-19-10-15-3-1-2-6-23(15)16/h1-3,6,9-10,12-13H,4-5,7-8,11H2. The average Bonchev–Trinajstić information content (AvgIpc) is 3.21. The monoisotopic (exact) mass is 387 g/mol. The van der Waals surface area contributed by atoms with Crippen LogP contribution < -0.4 is 0 Å². The first-order chi connectivity index (χ1) is 11.7. The minimum atomic E-state index is 0.0153. The fraction of sp³-hybridized carbons (Fsp3) is 0.353. The van der Waals surface area contributed by atoms with Crippen molar-refractivity contribution in [2.24, 2.45) is 5.92 Å². The maximum absolute atomic E-state index is 12.8. The second kappa shape index (κ2) is 6.39. The summed E-state index contributed by atoms with van der Waals surface area (Å²) in [6, 6.07) is 5.82. The maximum Gasteiger partial charge on any atom is 0.290 e. The lowest BCUT2D eigenvalue weighted by atomic mass is 9.97. The normalized spacial score (nSPS) is 16.0. The Hall–Kier alpha value is -2.15. The molecule has 6 nitrogen and oxygen atoms in total. The number of amides is 1. The van der Waals surface area contributed by atoms with E-state index in [0.717, 1.165) is 42.5 Å². The Bertz CT molecular complexity index is 863. The minimum Gasteiger partial charge on any atom is -0.336 e. The second-order valence-electron chi connectivity index (χ2n) is 6.19. The van der Waals surface area contributed by atoms with Crippen molar-refractivity contribution in [2.45, 2.75) is 19.4 Å². The molecule has 3 aromatic heterocycles. The largest absolute Gasteiger partial charge is 0.336 e. The molecule has 0 spiro atoms. The van der Waals surface area contributed by atoms with E-state index in [9.17, 15) is 4.79 Å². The van der Waals surface area contributed by atoms with E-state index >= 15 is 0 Å². The summed E-state index contributed by atoms with van der Waals surface area (Å²) >= 11 is 3.42. The molecule has 0 aliphatic carbocycles. The average molecular weight is 388 g/mol.